The van der Waals surface area contributed by atoms with Crippen LogP contribution in [0.2, 0.25) is 20.1 Å². The van der Waals surface area contributed by atoms with E-state index in [-0.39, 0.29) is 11.8 Å². The fourth-order valence-corrected chi connectivity index (χ4v) is 4.10. The first kappa shape index (κ1) is 25.4. The smallest absolute Gasteiger partial charge is 0.234 e. The third-order valence-electron chi connectivity index (χ3n) is 2.63. The third kappa shape index (κ3) is 9.61. The minimum atomic E-state index is -0.138. The number of benzene rings is 2. The van der Waals surface area contributed by atoms with Crippen LogP contribution in [0.3, 0.4) is 0 Å². The first-order valence-electron chi connectivity index (χ1n) is 7.23. The predicted molar refractivity (Wildman–Crippen MR) is 123 cm³/mol. The lowest BCUT2D eigenvalue weighted by Gasteiger charge is -2.07. The zero-order valence-electron chi connectivity index (χ0n) is 13.6. The molecule has 1 N–H and O–H groups in total. The van der Waals surface area contributed by atoms with Gasteiger partial charge < -0.3 is 5.32 Å². The molecule has 148 valence electrons. The highest BCUT2D eigenvalue weighted by Gasteiger charge is 2.11. The lowest BCUT2D eigenvalue weighted by atomic mass is 10.4. The molecule has 0 spiro atoms. The van der Waals surface area contributed by atoms with Crippen molar-refractivity contribution in [1.82, 2.24) is 5.32 Å². The molecule has 2 aromatic rings. The monoisotopic (exact) mass is 523 g/mol. The van der Waals surface area contributed by atoms with Crippen molar-refractivity contribution < 1.29 is 8.42 Å². The average Bonchev–Trinajstić information content (AvgIpc) is 2.64. The van der Waals surface area contributed by atoms with E-state index in [4.69, 9.17) is 61.6 Å². The van der Waals surface area contributed by atoms with Crippen LogP contribution < -0.4 is 5.32 Å². The van der Waals surface area contributed by atoms with Crippen molar-refractivity contribution >= 4 is 101 Å². The molecule has 2 rings (SSSR count). The standard InChI is InChI=1S/C12H6Cl4OS2.C4H8ClNOS/c13-7-3-1-4-8(14)11(7)18-17-19-12-9(15)5-2-6-10(12)16;5-3-4(7)6-1-2-8/h1-6H;8H,1-3H2,(H,6,7). The highest BCUT2D eigenvalue weighted by molar-refractivity contribution is 8.08. The number of hydrogen-bond acceptors (Lipinski definition) is 5. The minimum absolute atomic E-state index is 0.0355. The Morgan fingerprint density at radius 2 is 1.33 bits per heavy atom. The van der Waals surface area contributed by atoms with Crippen molar-refractivity contribution in [3.8, 4) is 0 Å². The summed E-state index contributed by atoms with van der Waals surface area (Å²) >= 11 is 35.3. The Kier molecular flexibility index (Phi) is 13.5. The number of halogens is 5. The van der Waals surface area contributed by atoms with Gasteiger partial charge in [-0.3, -0.25) is 4.79 Å². The van der Waals surface area contributed by atoms with E-state index in [1.807, 2.05) is 0 Å². The van der Waals surface area contributed by atoms with Crippen molar-refractivity contribution in [3.05, 3.63) is 56.5 Å². The second kappa shape index (κ2) is 14.4. The van der Waals surface area contributed by atoms with Gasteiger partial charge in [-0.1, -0.05) is 58.5 Å². The summed E-state index contributed by atoms with van der Waals surface area (Å²) < 4.78 is 5.42. The Morgan fingerprint density at radius 1 is 0.926 bits per heavy atom. The van der Waals surface area contributed by atoms with Gasteiger partial charge in [-0.05, 0) is 24.3 Å². The number of carbonyl (C=O) groups excluding carboxylic acids is 1. The van der Waals surface area contributed by atoms with Crippen LogP contribution >= 0.6 is 94.7 Å². The molecule has 0 saturated heterocycles. The van der Waals surface area contributed by atoms with Gasteiger partial charge in [0, 0.05) is 36.4 Å². The van der Waals surface area contributed by atoms with Gasteiger partial charge in [0.2, 0.25) is 5.91 Å². The zero-order chi connectivity index (χ0) is 20.2. The van der Waals surface area contributed by atoms with Crippen LogP contribution in [0.5, 0.6) is 0 Å². The molecule has 0 aromatic heterocycles. The van der Waals surface area contributed by atoms with Gasteiger partial charge in [0.25, 0.3) is 0 Å². The molecule has 0 aliphatic heterocycles. The van der Waals surface area contributed by atoms with Gasteiger partial charge in [-0.25, -0.2) is 3.63 Å². The van der Waals surface area contributed by atoms with Crippen LogP contribution in [-0.2, 0) is 8.42 Å². The number of amides is 1. The van der Waals surface area contributed by atoms with Crippen molar-refractivity contribution in [2.45, 2.75) is 9.79 Å². The van der Waals surface area contributed by atoms with E-state index in [1.54, 1.807) is 36.4 Å². The lowest BCUT2D eigenvalue weighted by Crippen LogP contribution is -2.26. The van der Waals surface area contributed by atoms with Crippen LogP contribution in [-0.4, -0.2) is 24.1 Å². The second-order valence-corrected chi connectivity index (χ2v) is 8.58. The highest BCUT2D eigenvalue weighted by atomic mass is 35.5. The summed E-state index contributed by atoms with van der Waals surface area (Å²) in [7, 11) is 0. The maximum absolute atomic E-state index is 10.3. The van der Waals surface area contributed by atoms with E-state index in [9.17, 15) is 4.79 Å². The summed E-state index contributed by atoms with van der Waals surface area (Å²) in [6, 6.07) is 10.5. The topological polar surface area (TPSA) is 38.3 Å². The van der Waals surface area contributed by atoms with Crippen LogP contribution in [0.4, 0.5) is 0 Å². The molecular formula is C16H14Cl5NO2S3. The maximum atomic E-state index is 10.3. The van der Waals surface area contributed by atoms with Crippen LogP contribution in [0.25, 0.3) is 0 Å². The van der Waals surface area contributed by atoms with Crippen molar-refractivity contribution in [1.29, 1.82) is 0 Å². The average molecular weight is 526 g/mol. The van der Waals surface area contributed by atoms with Crippen molar-refractivity contribution in [2.24, 2.45) is 0 Å². The molecule has 0 bridgehead atoms. The zero-order valence-corrected chi connectivity index (χ0v) is 19.9. The van der Waals surface area contributed by atoms with Gasteiger partial charge in [-0.2, -0.15) is 12.6 Å². The molecule has 3 nitrogen and oxygen atoms in total. The number of hydrogen-bond donors (Lipinski definition) is 2. The molecule has 2 aromatic carbocycles. The second-order valence-electron chi connectivity index (χ2n) is 4.54. The van der Waals surface area contributed by atoms with Crippen molar-refractivity contribution in [2.75, 3.05) is 18.2 Å². The molecule has 11 heteroatoms. The van der Waals surface area contributed by atoms with Gasteiger partial charge in [0.1, 0.15) is 5.88 Å². The summed E-state index contributed by atoms with van der Waals surface area (Å²) in [5.74, 6) is 0.553. The molecule has 0 atom stereocenters. The molecule has 0 fully saturated rings. The van der Waals surface area contributed by atoms with Gasteiger partial charge in [-0.15, -0.1) is 11.6 Å². The Bertz CT molecular complexity index is 660. The van der Waals surface area contributed by atoms with E-state index in [0.717, 1.165) is 24.1 Å². The van der Waals surface area contributed by atoms with E-state index in [2.05, 4.69) is 17.9 Å². The Labute approximate surface area is 197 Å². The normalized spacial score (nSPS) is 10.1. The van der Waals surface area contributed by atoms with E-state index < -0.39 is 0 Å². The Morgan fingerprint density at radius 3 is 1.67 bits per heavy atom. The molecule has 0 radical (unpaired) electrons. The fraction of sp³-hybridized carbons (Fsp3) is 0.188. The Hall–Kier alpha value is 0.370. The molecule has 0 aliphatic carbocycles. The van der Waals surface area contributed by atoms with E-state index >= 15 is 0 Å². The highest BCUT2D eigenvalue weighted by Crippen LogP contribution is 2.41. The SMILES string of the molecule is Clc1cccc(Cl)c1SOSc1c(Cl)cccc1Cl.O=C(CCl)NCCS. The van der Waals surface area contributed by atoms with E-state index in [1.165, 1.54) is 0 Å². The maximum Gasteiger partial charge on any atom is 0.234 e. The van der Waals surface area contributed by atoms with Crippen molar-refractivity contribution in [3.63, 3.8) is 0 Å². The van der Waals surface area contributed by atoms with Crippen LogP contribution in [0.15, 0.2) is 46.2 Å². The molecular weight excluding hydrogens is 512 g/mol. The number of thiol groups is 1. The van der Waals surface area contributed by atoms with E-state index in [0.29, 0.717) is 42.2 Å². The molecule has 1 amide bonds. The largest absolute Gasteiger partial charge is 0.354 e. The van der Waals surface area contributed by atoms with Gasteiger partial charge in [0.15, 0.2) is 0 Å². The Balaban J connectivity index is 0.000000387. The summed E-state index contributed by atoms with van der Waals surface area (Å²) in [5, 5.41) is 4.66. The minimum Gasteiger partial charge on any atom is -0.354 e. The summed E-state index contributed by atoms with van der Waals surface area (Å²) in [6.45, 7) is 0.592. The van der Waals surface area contributed by atoms with Gasteiger partial charge in [0.05, 0.1) is 29.9 Å². The summed E-state index contributed by atoms with van der Waals surface area (Å²) in [6.07, 6.45) is 0. The summed E-state index contributed by atoms with van der Waals surface area (Å²) in [4.78, 5) is 11.6. The number of carbonyl (C=O) groups is 1. The van der Waals surface area contributed by atoms with Gasteiger partial charge >= 0.3 is 0 Å². The van der Waals surface area contributed by atoms with Crippen LogP contribution in [0.1, 0.15) is 0 Å². The molecule has 27 heavy (non-hydrogen) atoms. The predicted octanol–water partition coefficient (Wildman–Crippen LogP) is 7.30. The fourth-order valence-electron chi connectivity index (χ4n) is 1.45. The first-order chi connectivity index (χ1) is 12.9. The number of alkyl halides is 1. The number of nitrogens with one attached hydrogen (secondary N) is 1. The number of rotatable bonds is 7. The molecule has 0 saturated carbocycles. The lowest BCUT2D eigenvalue weighted by molar-refractivity contribution is -0.118. The molecule has 0 aliphatic rings. The quantitative estimate of drug-likeness (QED) is 0.226. The first-order valence-corrected chi connectivity index (χ1v) is 11.4. The third-order valence-corrected chi connectivity index (χ3v) is 6.56. The molecule has 0 unspecified atom stereocenters. The molecule has 0 heterocycles. The summed E-state index contributed by atoms with van der Waals surface area (Å²) in [5.41, 5.74) is 0. The van der Waals surface area contributed by atoms with Crippen LogP contribution in [0, 0.1) is 0 Å².